The van der Waals surface area contributed by atoms with Gasteiger partial charge in [-0.3, -0.25) is 0 Å². The maximum atomic E-state index is 14.2. The van der Waals surface area contributed by atoms with Crippen molar-refractivity contribution in [1.29, 1.82) is 5.26 Å². The Balaban J connectivity index is 2.07. The lowest BCUT2D eigenvalue weighted by Gasteiger charge is -2.33. The predicted molar refractivity (Wildman–Crippen MR) is 81.8 cm³/mol. The predicted octanol–water partition coefficient (Wildman–Crippen LogP) is 4.82. The van der Waals surface area contributed by atoms with Gasteiger partial charge in [0.2, 0.25) is 0 Å². The molecule has 1 aliphatic rings. The van der Waals surface area contributed by atoms with Crippen LogP contribution in [0.4, 0.5) is 4.39 Å². The highest BCUT2D eigenvalue weighted by atomic mass is 35.5. The fourth-order valence-corrected chi connectivity index (χ4v) is 3.46. The van der Waals surface area contributed by atoms with Crippen molar-refractivity contribution in [2.45, 2.75) is 31.1 Å². The fourth-order valence-electron chi connectivity index (χ4n) is 3.27. The molecule has 3 heteroatoms. The van der Waals surface area contributed by atoms with Gasteiger partial charge in [-0.05, 0) is 48.4 Å². The Hall–Kier alpha value is -1.85. The average molecular weight is 300 g/mol. The third-order valence-electron chi connectivity index (χ3n) is 4.32. The Morgan fingerprint density at radius 3 is 2.81 bits per heavy atom. The number of hydrogen-bond donors (Lipinski definition) is 0. The Morgan fingerprint density at radius 1 is 1.19 bits per heavy atom. The molecule has 0 fully saturated rings. The Labute approximate surface area is 129 Å². The molecule has 0 N–H and O–H groups in total. The second-order valence-electron chi connectivity index (χ2n) is 5.59. The lowest BCUT2D eigenvalue weighted by Crippen LogP contribution is -2.32. The van der Waals surface area contributed by atoms with E-state index < -0.39 is 11.2 Å². The van der Waals surface area contributed by atoms with Crippen molar-refractivity contribution in [2.24, 2.45) is 0 Å². The van der Waals surface area contributed by atoms with Crippen LogP contribution in [-0.2, 0) is 18.3 Å². The summed E-state index contributed by atoms with van der Waals surface area (Å²) in [5.74, 6) is -0.406. The van der Waals surface area contributed by atoms with E-state index in [0.29, 0.717) is 12.0 Å². The van der Waals surface area contributed by atoms with E-state index in [9.17, 15) is 9.65 Å². The molecule has 0 radical (unpaired) electrons. The van der Waals surface area contributed by atoms with Crippen LogP contribution in [0.15, 0.2) is 42.5 Å². The zero-order chi connectivity index (χ0) is 14.9. The van der Waals surface area contributed by atoms with Crippen molar-refractivity contribution in [3.05, 3.63) is 70.0 Å². The van der Waals surface area contributed by atoms with E-state index in [1.165, 1.54) is 11.6 Å². The van der Waals surface area contributed by atoms with Crippen molar-refractivity contribution >= 4 is 11.6 Å². The molecule has 0 saturated carbocycles. The summed E-state index contributed by atoms with van der Waals surface area (Å²) in [5, 5.41) is 9.92. The molecule has 0 aliphatic heterocycles. The van der Waals surface area contributed by atoms with E-state index in [1.54, 1.807) is 12.1 Å². The van der Waals surface area contributed by atoms with Crippen LogP contribution in [-0.4, -0.2) is 0 Å². The summed E-state index contributed by atoms with van der Waals surface area (Å²) in [6.07, 6.45) is 3.06. The molecule has 0 aromatic heterocycles. The second kappa shape index (κ2) is 5.50. The van der Waals surface area contributed by atoms with Crippen LogP contribution >= 0.6 is 11.6 Å². The van der Waals surface area contributed by atoms with Gasteiger partial charge in [0, 0.05) is 0 Å². The first-order valence-corrected chi connectivity index (χ1v) is 7.47. The smallest absolute Gasteiger partial charge is 0.145 e. The first-order chi connectivity index (χ1) is 10.2. The number of hydrogen-bond acceptors (Lipinski definition) is 1. The van der Waals surface area contributed by atoms with Crippen LogP contribution in [0.5, 0.6) is 0 Å². The highest BCUT2D eigenvalue weighted by Crippen LogP contribution is 2.40. The normalized spacial score (nSPS) is 20.6. The van der Waals surface area contributed by atoms with E-state index in [1.807, 2.05) is 18.2 Å². The molecule has 0 bridgehead atoms. The van der Waals surface area contributed by atoms with Crippen molar-refractivity contribution < 1.29 is 4.39 Å². The number of nitriles is 1. The minimum atomic E-state index is -0.652. The van der Waals surface area contributed by atoms with E-state index in [2.05, 4.69) is 12.1 Å². The fraction of sp³-hybridized carbons (Fsp3) is 0.278. The second-order valence-corrected chi connectivity index (χ2v) is 6.00. The van der Waals surface area contributed by atoms with E-state index >= 15 is 0 Å². The summed E-state index contributed by atoms with van der Waals surface area (Å²) in [4.78, 5) is 0. The van der Waals surface area contributed by atoms with Crippen LogP contribution < -0.4 is 0 Å². The van der Waals surface area contributed by atoms with Gasteiger partial charge in [0.15, 0.2) is 0 Å². The molecule has 1 atom stereocenters. The number of aryl methyl sites for hydroxylation is 1. The molecule has 2 aromatic rings. The number of benzene rings is 2. The molecule has 0 heterocycles. The first-order valence-electron chi connectivity index (χ1n) is 7.09. The van der Waals surface area contributed by atoms with Crippen LogP contribution in [0.25, 0.3) is 0 Å². The van der Waals surface area contributed by atoms with Crippen LogP contribution in [0, 0.1) is 17.1 Å². The Bertz CT molecular complexity index is 719. The zero-order valence-corrected chi connectivity index (χ0v) is 12.3. The Kier molecular flexibility index (Phi) is 3.69. The van der Waals surface area contributed by atoms with Gasteiger partial charge in [0.1, 0.15) is 5.82 Å². The SMILES string of the molecule is N#CC1(Cc2cccc(Cl)c2F)CCCc2ccccc21. The van der Waals surface area contributed by atoms with Gasteiger partial charge in [-0.1, -0.05) is 48.0 Å². The monoisotopic (exact) mass is 299 g/mol. The summed E-state index contributed by atoms with van der Waals surface area (Å²) in [6, 6.07) is 15.5. The van der Waals surface area contributed by atoms with Crippen molar-refractivity contribution in [3.8, 4) is 6.07 Å². The molecule has 106 valence electrons. The lowest BCUT2D eigenvalue weighted by atomic mass is 9.68. The molecule has 1 nitrogen and oxygen atoms in total. The summed E-state index contributed by atoms with van der Waals surface area (Å²) in [5.41, 5.74) is 2.10. The maximum Gasteiger partial charge on any atom is 0.145 e. The molecular weight excluding hydrogens is 285 g/mol. The van der Waals surface area contributed by atoms with Crippen molar-refractivity contribution in [2.75, 3.05) is 0 Å². The van der Waals surface area contributed by atoms with Crippen LogP contribution in [0.1, 0.15) is 29.5 Å². The molecule has 2 aromatic carbocycles. The van der Waals surface area contributed by atoms with Gasteiger partial charge in [-0.2, -0.15) is 5.26 Å². The highest BCUT2D eigenvalue weighted by Gasteiger charge is 2.37. The summed E-state index contributed by atoms with van der Waals surface area (Å²) < 4.78 is 14.2. The topological polar surface area (TPSA) is 23.8 Å². The number of nitrogens with zero attached hydrogens (tertiary/aromatic N) is 1. The van der Waals surface area contributed by atoms with Gasteiger partial charge in [0.05, 0.1) is 16.5 Å². The molecule has 0 amide bonds. The molecule has 1 aliphatic carbocycles. The maximum absolute atomic E-state index is 14.2. The average Bonchev–Trinajstić information content (AvgIpc) is 2.52. The zero-order valence-electron chi connectivity index (χ0n) is 11.6. The number of halogens is 2. The largest absolute Gasteiger partial charge is 0.205 e. The van der Waals surface area contributed by atoms with Crippen molar-refractivity contribution in [1.82, 2.24) is 0 Å². The van der Waals surface area contributed by atoms with Gasteiger partial charge in [0.25, 0.3) is 0 Å². The third-order valence-corrected chi connectivity index (χ3v) is 4.61. The minimum absolute atomic E-state index is 0.115. The Morgan fingerprint density at radius 2 is 2.00 bits per heavy atom. The van der Waals surface area contributed by atoms with Gasteiger partial charge < -0.3 is 0 Å². The van der Waals surface area contributed by atoms with Gasteiger partial charge >= 0.3 is 0 Å². The standard InChI is InChI=1S/C18H15ClFN/c19-16-9-3-6-14(17(16)20)11-18(12-21)10-4-7-13-5-1-2-8-15(13)18/h1-3,5-6,8-9H,4,7,10-11H2. The molecular formula is C18H15ClFN. The first kappa shape index (κ1) is 14.1. The van der Waals surface area contributed by atoms with Crippen LogP contribution in [0.3, 0.4) is 0 Å². The van der Waals surface area contributed by atoms with Crippen molar-refractivity contribution in [3.63, 3.8) is 0 Å². The number of rotatable bonds is 2. The molecule has 0 saturated heterocycles. The van der Waals surface area contributed by atoms with E-state index in [4.69, 9.17) is 11.6 Å². The number of fused-ring (bicyclic) bond motifs is 1. The van der Waals surface area contributed by atoms with E-state index in [0.717, 1.165) is 24.8 Å². The third kappa shape index (κ3) is 2.43. The van der Waals surface area contributed by atoms with Gasteiger partial charge in [-0.25, -0.2) is 4.39 Å². The molecule has 1 unspecified atom stereocenters. The van der Waals surface area contributed by atoms with E-state index in [-0.39, 0.29) is 5.02 Å². The summed E-state index contributed by atoms with van der Waals surface area (Å²) >= 11 is 5.86. The summed E-state index contributed by atoms with van der Waals surface area (Å²) in [7, 11) is 0. The minimum Gasteiger partial charge on any atom is -0.205 e. The molecule has 3 rings (SSSR count). The highest BCUT2D eigenvalue weighted by molar-refractivity contribution is 6.30. The summed E-state index contributed by atoms with van der Waals surface area (Å²) in [6.45, 7) is 0. The van der Waals surface area contributed by atoms with Gasteiger partial charge in [-0.15, -0.1) is 0 Å². The molecule has 21 heavy (non-hydrogen) atoms. The van der Waals surface area contributed by atoms with Crippen LogP contribution in [0.2, 0.25) is 5.02 Å². The quantitative estimate of drug-likeness (QED) is 0.780. The lowest BCUT2D eigenvalue weighted by molar-refractivity contribution is 0.441. The molecule has 0 spiro atoms.